The molecule has 1 heterocycles. The molecule has 1 nitrogen and oxygen atoms in total. The van der Waals surface area contributed by atoms with Crippen molar-refractivity contribution in [2.45, 2.75) is 147 Å². The van der Waals surface area contributed by atoms with Crippen LogP contribution >= 0.6 is 0 Å². The topological polar surface area (TPSA) is 9.23 Å². The Bertz CT molecular complexity index is 327. The van der Waals surface area contributed by atoms with Gasteiger partial charge in [0.05, 0.1) is 12.2 Å². The summed E-state index contributed by atoms with van der Waals surface area (Å²) in [6.45, 7) is 27.9. The van der Waals surface area contributed by atoms with E-state index in [4.69, 9.17) is 4.74 Å². The average molecular weight is 397 g/mol. The van der Waals surface area contributed by atoms with Crippen molar-refractivity contribution in [1.82, 2.24) is 0 Å². The first-order valence-corrected chi connectivity index (χ1v) is 12.3. The van der Waals surface area contributed by atoms with E-state index in [2.05, 4.69) is 83.1 Å². The van der Waals surface area contributed by atoms with Gasteiger partial charge in [0.15, 0.2) is 0 Å². The van der Waals surface area contributed by atoms with E-state index in [-0.39, 0.29) is 0 Å². The third-order valence-electron chi connectivity index (χ3n) is 6.54. The molecular weight excluding hydrogens is 340 g/mol. The van der Waals surface area contributed by atoms with Crippen molar-refractivity contribution in [3.05, 3.63) is 0 Å². The highest BCUT2D eigenvalue weighted by molar-refractivity contribution is 4.93. The Morgan fingerprint density at radius 2 is 0.929 bits per heavy atom. The van der Waals surface area contributed by atoms with Gasteiger partial charge in [-0.25, -0.2) is 0 Å². The van der Waals surface area contributed by atoms with Crippen molar-refractivity contribution in [3.63, 3.8) is 0 Å². The second-order valence-corrected chi connectivity index (χ2v) is 12.4. The summed E-state index contributed by atoms with van der Waals surface area (Å²) < 4.78 is 5.56. The Labute approximate surface area is 179 Å². The van der Waals surface area contributed by atoms with E-state index in [9.17, 15) is 0 Å². The molecule has 1 saturated carbocycles. The van der Waals surface area contributed by atoms with Gasteiger partial charge in [-0.3, -0.25) is 0 Å². The van der Waals surface area contributed by atoms with Gasteiger partial charge < -0.3 is 4.74 Å². The predicted octanol–water partition coefficient (Wildman–Crippen LogP) is 9.29. The minimum absolute atomic E-state index is 0.490. The normalized spacial score (nSPS) is 30.5. The fourth-order valence-corrected chi connectivity index (χ4v) is 6.68. The molecule has 3 atom stereocenters. The fourth-order valence-electron chi connectivity index (χ4n) is 6.68. The molecule has 0 spiro atoms. The molecule has 170 valence electrons. The molecule has 0 radical (unpaired) electrons. The Morgan fingerprint density at radius 1 is 0.643 bits per heavy atom. The molecule has 0 amide bonds. The Hall–Kier alpha value is -0.0400. The van der Waals surface area contributed by atoms with Gasteiger partial charge in [-0.15, -0.1) is 0 Å². The van der Waals surface area contributed by atoms with Crippen LogP contribution in [0.2, 0.25) is 0 Å². The number of rotatable bonds is 3. The Balaban J connectivity index is 0.000000408. The van der Waals surface area contributed by atoms with Crippen LogP contribution < -0.4 is 0 Å². The molecule has 0 aromatic rings. The Morgan fingerprint density at radius 3 is 1.11 bits per heavy atom. The average Bonchev–Trinajstić information content (AvgIpc) is 2.43. The van der Waals surface area contributed by atoms with Crippen molar-refractivity contribution in [1.29, 1.82) is 0 Å². The van der Waals surface area contributed by atoms with E-state index >= 15 is 0 Å². The molecule has 28 heavy (non-hydrogen) atoms. The maximum atomic E-state index is 5.56. The first-order valence-electron chi connectivity index (χ1n) is 12.3. The minimum atomic E-state index is 0.490. The lowest BCUT2D eigenvalue weighted by molar-refractivity contribution is -0.0485. The molecule has 0 bridgehead atoms. The van der Waals surface area contributed by atoms with E-state index in [0.29, 0.717) is 28.5 Å². The quantitative estimate of drug-likeness (QED) is 0.461. The van der Waals surface area contributed by atoms with Gasteiger partial charge in [0, 0.05) is 0 Å². The summed E-state index contributed by atoms with van der Waals surface area (Å²) in [7, 11) is 0. The van der Waals surface area contributed by atoms with Crippen LogP contribution in [0.1, 0.15) is 134 Å². The monoisotopic (exact) mass is 396 g/mol. The highest BCUT2D eigenvalue weighted by Gasteiger charge is 2.42. The molecular formula is C27H56O. The first kappa shape index (κ1) is 28.0. The third kappa shape index (κ3) is 12.5. The van der Waals surface area contributed by atoms with Crippen molar-refractivity contribution < 1.29 is 4.74 Å². The van der Waals surface area contributed by atoms with Crippen LogP contribution in [0, 0.1) is 28.1 Å². The van der Waals surface area contributed by atoms with E-state index in [1.807, 2.05) is 0 Å². The lowest BCUT2D eigenvalue weighted by Gasteiger charge is -2.49. The van der Waals surface area contributed by atoms with Gasteiger partial charge in [-0.1, -0.05) is 88.5 Å². The zero-order chi connectivity index (χ0) is 22.2. The van der Waals surface area contributed by atoms with Gasteiger partial charge in [-0.05, 0) is 74.0 Å². The van der Waals surface area contributed by atoms with E-state index in [0.717, 1.165) is 11.8 Å². The highest BCUT2D eigenvalue weighted by Crippen LogP contribution is 2.53. The van der Waals surface area contributed by atoms with Crippen molar-refractivity contribution >= 4 is 0 Å². The standard InChI is InChI=1S/C12H24.C8H16O.C7H16/c1-10(2)7-11(3,4)9-12(5,6)8-10;1-6-4-7(2)9-8(3)5-6;1-4-7(5-2)6-3/h7-9H2,1-6H3;6-8H,4-5H2,1-3H3;7H,4-6H2,1-3H3/t;6?,7-,8+;. The molecule has 1 heteroatoms. The van der Waals surface area contributed by atoms with Crippen molar-refractivity contribution in [3.8, 4) is 0 Å². The summed E-state index contributed by atoms with van der Waals surface area (Å²) in [4.78, 5) is 0. The smallest absolute Gasteiger partial charge is 0.0553 e. The van der Waals surface area contributed by atoms with Gasteiger partial charge in [0.25, 0.3) is 0 Å². The summed E-state index contributed by atoms with van der Waals surface area (Å²) in [5, 5.41) is 0. The maximum Gasteiger partial charge on any atom is 0.0553 e. The summed E-state index contributed by atoms with van der Waals surface area (Å²) in [6, 6.07) is 0. The summed E-state index contributed by atoms with van der Waals surface area (Å²) in [5.74, 6) is 1.85. The molecule has 2 aliphatic rings. The van der Waals surface area contributed by atoms with Crippen molar-refractivity contribution in [2.75, 3.05) is 0 Å². The summed E-state index contributed by atoms with van der Waals surface area (Å²) in [5.41, 5.74) is 1.64. The molecule has 2 fully saturated rings. The third-order valence-corrected chi connectivity index (χ3v) is 6.54. The SMILES string of the molecule is CC1(C)CC(C)(C)CC(C)(C)C1.CC1C[C@@H](C)O[C@@H](C)C1.CCC(CC)CC. The number of hydrogen-bond donors (Lipinski definition) is 0. The molecule has 1 unspecified atom stereocenters. The van der Waals surface area contributed by atoms with Gasteiger partial charge in [0.2, 0.25) is 0 Å². The Kier molecular flexibility index (Phi) is 12.0. The molecule has 1 aliphatic heterocycles. The second kappa shape index (κ2) is 12.0. The van der Waals surface area contributed by atoms with Gasteiger partial charge in [-0.2, -0.15) is 0 Å². The number of ether oxygens (including phenoxy) is 1. The van der Waals surface area contributed by atoms with Crippen LogP contribution in [0.4, 0.5) is 0 Å². The van der Waals surface area contributed by atoms with Crippen LogP contribution in [0.3, 0.4) is 0 Å². The molecule has 0 aromatic carbocycles. The minimum Gasteiger partial charge on any atom is -0.376 e. The van der Waals surface area contributed by atoms with Crippen LogP contribution in [0.5, 0.6) is 0 Å². The fraction of sp³-hybridized carbons (Fsp3) is 1.00. The van der Waals surface area contributed by atoms with E-state index < -0.39 is 0 Å². The number of hydrogen-bond acceptors (Lipinski definition) is 1. The van der Waals surface area contributed by atoms with E-state index in [1.165, 1.54) is 51.4 Å². The first-order chi connectivity index (χ1) is 12.6. The summed E-state index contributed by atoms with van der Waals surface area (Å²) in [6.07, 6.45) is 11.7. The zero-order valence-corrected chi connectivity index (χ0v) is 21.9. The van der Waals surface area contributed by atoms with E-state index in [1.54, 1.807) is 0 Å². The van der Waals surface area contributed by atoms with Crippen LogP contribution in [-0.4, -0.2) is 12.2 Å². The van der Waals surface area contributed by atoms with Gasteiger partial charge in [0.1, 0.15) is 0 Å². The molecule has 1 aliphatic carbocycles. The lowest BCUT2D eigenvalue weighted by atomic mass is 9.56. The lowest BCUT2D eigenvalue weighted by Crippen LogP contribution is -2.38. The largest absolute Gasteiger partial charge is 0.376 e. The molecule has 0 aromatic heterocycles. The van der Waals surface area contributed by atoms with Crippen molar-refractivity contribution in [2.24, 2.45) is 28.1 Å². The van der Waals surface area contributed by atoms with Crippen LogP contribution in [0.15, 0.2) is 0 Å². The second-order valence-electron chi connectivity index (χ2n) is 12.4. The summed E-state index contributed by atoms with van der Waals surface area (Å²) >= 11 is 0. The predicted molar refractivity (Wildman–Crippen MR) is 128 cm³/mol. The maximum absolute atomic E-state index is 5.56. The van der Waals surface area contributed by atoms with Crippen LogP contribution in [-0.2, 0) is 4.74 Å². The molecule has 1 saturated heterocycles. The van der Waals surface area contributed by atoms with Crippen LogP contribution in [0.25, 0.3) is 0 Å². The highest BCUT2D eigenvalue weighted by atomic mass is 16.5. The molecule has 2 rings (SSSR count). The zero-order valence-electron chi connectivity index (χ0n) is 21.9. The van der Waals surface area contributed by atoms with Gasteiger partial charge >= 0.3 is 0 Å². The molecule has 0 N–H and O–H groups in total.